The van der Waals surface area contributed by atoms with Crippen LogP contribution in [0, 0.1) is 15.9 Å². The van der Waals surface area contributed by atoms with Crippen LogP contribution in [-0.4, -0.2) is 17.0 Å². The van der Waals surface area contributed by atoms with Gasteiger partial charge in [-0.1, -0.05) is 0 Å². The van der Waals surface area contributed by atoms with E-state index in [1.54, 1.807) is 49.7 Å². The van der Waals surface area contributed by atoms with Gasteiger partial charge < -0.3 is 14.8 Å². The molecular formula is C19H16FN3O4. The van der Waals surface area contributed by atoms with E-state index in [2.05, 4.69) is 10.3 Å². The predicted molar refractivity (Wildman–Crippen MR) is 97.7 cm³/mol. The summed E-state index contributed by atoms with van der Waals surface area (Å²) in [7, 11) is 1.58. The Kier molecular flexibility index (Phi) is 5.46. The average Bonchev–Trinajstić information content (AvgIpc) is 2.68. The Labute approximate surface area is 154 Å². The Morgan fingerprint density at radius 3 is 2.56 bits per heavy atom. The lowest BCUT2D eigenvalue weighted by atomic mass is 10.2. The lowest BCUT2D eigenvalue weighted by Gasteiger charge is -2.09. The van der Waals surface area contributed by atoms with Gasteiger partial charge in [-0.2, -0.15) is 0 Å². The molecule has 2 aromatic carbocycles. The molecule has 27 heavy (non-hydrogen) atoms. The van der Waals surface area contributed by atoms with Gasteiger partial charge >= 0.3 is 0 Å². The summed E-state index contributed by atoms with van der Waals surface area (Å²) < 4.78 is 24.0. The molecule has 0 fully saturated rings. The van der Waals surface area contributed by atoms with Crippen LogP contribution < -0.4 is 14.8 Å². The minimum atomic E-state index is -0.661. The van der Waals surface area contributed by atoms with E-state index in [0.29, 0.717) is 17.4 Å². The van der Waals surface area contributed by atoms with E-state index in [0.717, 1.165) is 11.6 Å². The van der Waals surface area contributed by atoms with Crippen LogP contribution in [0.1, 0.15) is 5.56 Å². The molecule has 7 nitrogen and oxygen atoms in total. The zero-order valence-corrected chi connectivity index (χ0v) is 14.4. The summed E-state index contributed by atoms with van der Waals surface area (Å²) in [5.41, 5.74) is 0.710. The third-order valence-electron chi connectivity index (χ3n) is 3.72. The average molecular weight is 369 g/mol. The number of nitrogens with zero attached hydrogens (tertiary/aromatic N) is 2. The predicted octanol–water partition coefficient (Wildman–Crippen LogP) is 4.54. The molecule has 0 aliphatic heterocycles. The third kappa shape index (κ3) is 4.69. The van der Waals surface area contributed by atoms with Gasteiger partial charge in [-0.3, -0.25) is 10.1 Å². The van der Waals surface area contributed by atoms with E-state index < -0.39 is 10.7 Å². The fraction of sp³-hybridized carbons (Fsp3) is 0.105. The topological polar surface area (TPSA) is 86.5 Å². The molecule has 0 amide bonds. The fourth-order valence-electron chi connectivity index (χ4n) is 2.38. The second-order valence-corrected chi connectivity index (χ2v) is 5.55. The van der Waals surface area contributed by atoms with Crippen molar-refractivity contribution in [1.82, 2.24) is 4.98 Å². The molecule has 0 saturated carbocycles. The smallest absolute Gasteiger partial charge is 0.295 e. The van der Waals surface area contributed by atoms with E-state index in [-0.39, 0.29) is 17.9 Å². The maximum Gasteiger partial charge on any atom is 0.295 e. The molecule has 3 aromatic rings. The molecule has 0 saturated heterocycles. The molecule has 0 radical (unpaired) electrons. The van der Waals surface area contributed by atoms with Crippen LogP contribution in [0.2, 0.25) is 0 Å². The first kappa shape index (κ1) is 18.1. The third-order valence-corrected chi connectivity index (χ3v) is 3.72. The van der Waals surface area contributed by atoms with Gasteiger partial charge in [0, 0.05) is 18.8 Å². The summed E-state index contributed by atoms with van der Waals surface area (Å²) >= 11 is 0. The molecular weight excluding hydrogens is 353 g/mol. The molecule has 0 bridgehead atoms. The van der Waals surface area contributed by atoms with Gasteiger partial charge in [0.2, 0.25) is 5.88 Å². The van der Waals surface area contributed by atoms with E-state index in [1.807, 2.05) is 0 Å². The first-order valence-corrected chi connectivity index (χ1v) is 8.00. The number of nitro benzene ring substituents is 1. The molecule has 8 heteroatoms. The van der Waals surface area contributed by atoms with Crippen molar-refractivity contribution in [1.29, 1.82) is 0 Å². The van der Waals surface area contributed by atoms with E-state index in [4.69, 9.17) is 9.47 Å². The quantitative estimate of drug-likeness (QED) is 0.486. The highest BCUT2D eigenvalue weighted by Gasteiger charge is 2.14. The summed E-state index contributed by atoms with van der Waals surface area (Å²) in [6.45, 7) is 0.286. The maximum atomic E-state index is 13.2. The Morgan fingerprint density at radius 1 is 1.11 bits per heavy atom. The number of aromatic nitrogens is 1. The number of anilines is 1. The monoisotopic (exact) mass is 369 g/mol. The number of methoxy groups -OCH3 is 1. The Hall–Kier alpha value is -3.68. The lowest BCUT2D eigenvalue weighted by molar-refractivity contribution is -0.384. The molecule has 3 rings (SSSR count). The number of hydrogen-bond acceptors (Lipinski definition) is 6. The van der Waals surface area contributed by atoms with E-state index >= 15 is 0 Å². The zero-order chi connectivity index (χ0) is 19.2. The largest absolute Gasteiger partial charge is 0.497 e. The van der Waals surface area contributed by atoms with Crippen molar-refractivity contribution in [3.63, 3.8) is 0 Å². The van der Waals surface area contributed by atoms with Crippen LogP contribution in [-0.2, 0) is 6.54 Å². The van der Waals surface area contributed by atoms with Gasteiger partial charge in [0.25, 0.3) is 5.69 Å². The van der Waals surface area contributed by atoms with E-state index in [9.17, 15) is 14.5 Å². The second kappa shape index (κ2) is 8.13. The minimum absolute atomic E-state index is 0.232. The summed E-state index contributed by atoms with van der Waals surface area (Å²) in [5.74, 6) is 1.04. The summed E-state index contributed by atoms with van der Waals surface area (Å²) in [6.07, 6.45) is 1.58. The van der Waals surface area contributed by atoms with Crippen LogP contribution >= 0.6 is 0 Å². The molecule has 0 unspecified atom stereocenters. The number of ether oxygens (including phenoxy) is 2. The van der Waals surface area contributed by atoms with Crippen LogP contribution in [0.15, 0.2) is 60.8 Å². The maximum absolute atomic E-state index is 13.2. The molecule has 0 aliphatic carbocycles. The second-order valence-electron chi connectivity index (χ2n) is 5.55. The first-order valence-electron chi connectivity index (χ1n) is 8.00. The standard InChI is InChI=1S/C19H16FN3O4/c1-26-15-3-5-16(6-4-15)27-19-10-13(8-9-21-19)12-22-17-7-2-14(20)11-18(17)23(24)25/h2-11,22H,12H2,1H3. The number of nitrogens with one attached hydrogen (secondary N) is 1. The number of benzene rings is 2. The van der Waals surface area contributed by atoms with Gasteiger partial charge in [0.1, 0.15) is 23.0 Å². The number of rotatable bonds is 7. The first-order chi connectivity index (χ1) is 13.0. The number of pyridine rings is 1. The number of nitro groups is 1. The van der Waals surface area contributed by atoms with Crippen molar-refractivity contribution in [3.05, 3.63) is 82.3 Å². The minimum Gasteiger partial charge on any atom is -0.497 e. The molecule has 0 atom stereocenters. The molecule has 1 heterocycles. The number of hydrogen-bond donors (Lipinski definition) is 1. The van der Waals surface area contributed by atoms with Crippen LogP contribution in [0.25, 0.3) is 0 Å². The van der Waals surface area contributed by atoms with Crippen LogP contribution in [0.5, 0.6) is 17.4 Å². The van der Waals surface area contributed by atoms with Gasteiger partial charge in [-0.25, -0.2) is 9.37 Å². The van der Waals surface area contributed by atoms with Crippen molar-refractivity contribution < 1.29 is 18.8 Å². The lowest BCUT2D eigenvalue weighted by Crippen LogP contribution is -2.03. The Bertz CT molecular complexity index is 948. The van der Waals surface area contributed by atoms with Crippen molar-refractivity contribution in [2.24, 2.45) is 0 Å². The molecule has 1 aromatic heterocycles. The molecule has 0 aliphatic rings. The fourth-order valence-corrected chi connectivity index (χ4v) is 2.38. The number of halogens is 1. The van der Waals surface area contributed by atoms with Crippen molar-refractivity contribution in [2.45, 2.75) is 6.54 Å². The van der Waals surface area contributed by atoms with Gasteiger partial charge in [0.15, 0.2) is 0 Å². The summed E-state index contributed by atoms with van der Waals surface area (Å²) in [5, 5.41) is 14.0. The highest BCUT2D eigenvalue weighted by atomic mass is 19.1. The van der Waals surface area contributed by atoms with Crippen molar-refractivity contribution >= 4 is 11.4 Å². The van der Waals surface area contributed by atoms with Gasteiger partial charge in [0.05, 0.1) is 18.1 Å². The van der Waals surface area contributed by atoms with Gasteiger partial charge in [-0.05, 0) is 48.0 Å². The Morgan fingerprint density at radius 2 is 1.85 bits per heavy atom. The SMILES string of the molecule is COc1ccc(Oc2cc(CNc3ccc(F)cc3[N+](=O)[O-])ccn2)cc1. The molecule has 1 N–H and O–H groups in total. The molecule has 138 valence electrons. The molecule has 0 spiro atoms. The Balaban J connectivity index is 1.70. The zero-order valence-electron chi connectivity index (χ0n) is 14.4. The highest BCUT2D eigenvalue weighted by Crippen LogP contribution is 2.26. The van der Waals surface area contributed by atoms with Crippen molar-refractivity contribution in [3.8, 4) is 17.4 Å². The van der Waals surface area contributed by atoms with Gasteiger partial charge in [-0.15, -0.1) is 0 Å². The summed E-state index contributed by atoms with van der Waals surface area (Å²) in [6, 6.07) is 13.9. The normalized spacial score (nSPS) is 10.3. The van der Waals surface area contributed by atoms with Crippen LogP contribution in [0.3, 0.4) is 0 Å². The highest BCUT2D eigenvalue weighted by molar-refractivity contribution is 5.61. The summed E-state index contributed by atoms with van der Waals surface area (Å²) in [4.78, 5) is 14.6. The van der Waals surface area contributed by atoms with Crippen LogP contribution in [0.4, 0.5) is 15.8 Å². The van der Waals surface area contributed by atoms with E-state index in [1.165, 1.54) is 12.1 Å². The van der Waals surface area contributed by atoms with Crippen molar-refractivity contribution in [2.75, 3.05) is 12.4 Å².